The summed E-state index contributed by atoms with van der Waals surface area (Å²) in [6.07, 6.45) is 7.59. The zero-order chi connectivity index (χ0) is 16.9. The van der Waals surface area contributed by atoms with Gasteiger partial charge in [-0.3, -0.25) is 4.79 Å². The standard InChI is InChI=1S/C18H23NO3S/c1-3-6-17(20)9-4-7-16-8-5-14-19(16)23(21,22)18-12-10-15(2)11-13-18/h3,5,8,10-13,16H,1,4,6-7,9,14H2,2H3/t16-/m0/s1. The molecule has 0 fully saturated rings. The fourth-order valence-corrected chi connectivity index (χ4v) is 4.25. The van der Waals surface area contributed by atoms with Gasteiger partial charge < -0.3 is 0 Å². The van der Waals surface area contributed by atoms with Crippen LogP contribution in [0.1, 0.15) is 31.2 Å². The summed E-state index contributed by atoms with van der Waals surface area (Å²) in [5.74, 6) is 0.148. The Morgan fingerprint density at radius 2 is 2.04 bits per heavy atom. The highest BCUT2D eigenvalue weighted by Gasteiger charge is 2.31. The molecule has 1 atom stereocenters. The zero-order valence-corrected chi connectivity index (χ0v) is 14.3. The van der Waals surface area contributed by atoms with E-state index in [1.165, 1.54) is 4.31 Å². The molecular formula is C18H23NO3S. The lowest BCUT2D eigenvalue weighted by Gasteiger charge is -2.24. The second kappa shape index (κ2) is 7.70. The van der Waals surface area contributed by atoms with Gasteiger partial charge >= 0.3 is 0 Å². The third-order valence-corrected chi connectivity index (χ3v) is 5.87. The summed E-state index contributed by atoms with van der Waals surface area (Å²) in [7, 11) is -3.50. The molecule has 23 heavy (non-hydrogen) atoms. The van der Waals surface area contributed by atoms with Crippen LogP contribution >= 0.6 is 0 Å². The summed E-state index contributed by atoms with van der Waals surface area (Å²) in [5.41, 5.74) is 1.03. The van der Waals surface area contributed by atoms with Gasteiger partial charge in [0.1, 0.15) is 5.78 Å². The van der Waals surface area contributed by atoms with Crippen LogP contribution in [0.3, 0.4) is 0 Å². The molecule has 0 radical (unpaired) electrons. The van der Waals surface area contributed by atoms with E-state index >= 15 is 0 Å². The SMILES string of the molecule is C=CCC(=O)CCC[C@H]1C=CCN1S(=O)(=O)c1ccc(C)cc1. The van der Waals surface area contributed by atoms with Gasteiger partial charge in [0.05, 0.1) is 4.90 Å². The van der Waals surface area contributed by atoms with Gasteiger partial charge in [-0.2, -0.15) is 4.31 Å². The summed E-state index contributed by atoms with van der Waals surface area (Å²) in [6, 6.07) is 6.73. The Morgan fingerprint density at radius 1 is 1.35 bits per heavy atom. The quantitative estimate of drug-likeness (QED) is 0.686. The molecule has 1 aliphatic rings. The minimum Gasteiger partial charge on any atom is -0.299 e. The van der Waals surface area contributed by atoms with Crippen molar-refractivity contribution in [3.05, 3.63) is 54.6 Å². The molecule has 1 aromatic carbocycles. The van der Waals surface area contributed by atoms with E-state index in [9.17, 15) is 13.2 Å². The largest absolute Gasteiger partial charge is 0.299 e. The minimum absolute atomic E-state index is 0.148. The van der Waals surface area contributed by atoms with E-state index in [0.717, 1.165) is 5.56 Å². The molecule has 1 aromatic rings. The van der Waals surface area contributed by atoms with Crippen LogP contribution in [-0.4, -0.2) is 31.1 Å². The summed E-state index contributed by atoms with van der Waals surface area (Å²) in [4.78, 5) is 11.8. The van der Waals surface area contributed by atoms with Crippen molar-refractivity contribution in [3.63, 3.8) is 0 Å². The molecule has 5 heteroatoms. The van der Waals surface area contributed by atoms with E-state index in [0.29, 0.717) is 37.1 Å². The Labute approximate surface area is 138 Å². The molecule has 0 bridgehead atoms. The molecule has 2 rings (SSSR count). The Balaban J connectivity index is 2.02. The van der Waals surface area contributed by atoms with Gasteiger partial charge in [0.15, 0.2) is 0 Å². The number of sulfonamides is 1. The number of hydrogen-bond acceptors (Lipinski definition) is 3. The number of benzene rings is 1. The average molecular weight is 333 g/mol. The third-order valence-electron chi connectivity index (χ3n) is 3.97. The molecule has 0 spiro atoms. The highest BCUT2D eigenvalue weighted by molar-refractivity contribution is 7.89. The highest BCUT2D eigenvalue weighted by Crippen LogP contribution is 2.25. The number of nitrogens with zero attached hydrogens (tertiary/aromatic N) is 1. The van der Waals surface area contributed by atoms with Gasteiger partial charge in [-0.05, 0) is 31.9 Å². The third kappa shape index (κ3) is 4.39. The highest BCUT2D eigenvalue weighted by atomic mass is 32.2. The number of ketones is 1. The number of allylic oxidation sites excluding steroid dienone is 1. The number of hydrogen-bond donors (Lipinski definition) is 0. The molecule has 0 saturated carbocycles. The van der Waals surface area contributed by atoms with Crippen molar-refractivity contribution in [1.82, 2.24) is 4.31 Å². The van der Waals surface area contributed by atoms with Crippen LogP contribution < -0.4 is 0 Å². The maximum atomic E-state index is 12.8. The first-order chi connectivity index (χ1) is 10.9. The molecular weight excluding hydrogens is 310 g/mol. The molecule has 1 heterocycles. The van der Waals surface area contributed by atoms with Crippen LogP contribution in [0.5, 0.6) is 0 Å². The number of carbonyl (C=O) groups is 1. The van der Waals surface area contributed by atoms with Crippen molar-refractivity contribution in [3.8, 4) is 0 Å². The fourth-order valence-electron chi connectivity index (χ4n) is 2.69. The Bertz CT molecular complexity index is 689. The van der Waals surface area contributed by atoms with E-state index in [1.807, 2.05) is 19.1 Å². The molecule has 1 aliphatic heterocycles. The lowest BCUT2D eigenvalue weighted by molar-refractivity contribution is -0.118. The summed E-state index contributed by atoms with van der Waals surface area (Å²) >= 11 is 0. The number of rotatable bonds is 8. The second-order valence-electron chi connectivity index (χ2n) is 5.81. The monoisotopic (exact) mass is 333 g/mol. The predicted molar refractivity (Wildman–Crippen MR) is 91.7 cm³/mol. The first kappa shape index (κ1) is 17.6. The molecule has 0 aliphatic carbocycles. The number of carbonyl (C=O) groups excluding carboxylic acids is 1. The molecule has 4 nitrogen and oxygen atoms in total. The maximum absolute atomic E-state index is 12.8. The van der Waals surface area contributed by atoms with E-state index in [4.69, 9.17) is 0 Å². The lowest BCUT2D eigenvalue weighted by Crippen LogP contribution is -2.36. The lowest BCUT2D eigenvalue weighted by atomic mass is 10.1. The van der Waals surface area contributed by atoms with Crippen molar-refractivity contribution in [2.45, 2.75) is 43.5 Å². The van der Waals surface area contributed by atoms with Crippen molar-refractivity contribution in [2.24, 2.45) is 0 Å². The first-order valence-corrected chi connectivity index (χ1v) is 9.27. The van der Waals surface area contributed by atoms with Crippen molar-refractivity contribution >= 4 is 15.8 Å². The van der Waals surface area contributed by atoms with Gasteiger partial charge in [-0.1, -0.05) is 35.9 Å². The van der Waals surface area contributed by atoms with Crippen molar-refractivity contribution in [2.75, 3.05) is 6.54 Å². The van der Waals surface area contributed by atoms with E-state index < -0.39 is 10.0 Å². The minimum atomic E-state index is -3.50. The van der Waals surface area contributed by atoms with Crippen molar-refractivity contribution in [1.29, 1.82) is 0 Å². The van der Waals surface area contributed by atoms with Gasteiger partial charge in [0, 0.05) is 25.4 Å². The zero-order valence-electron chi connectivity index (χ0n) is 13.4. The van der Waals surface area contributed by atoms with Crippen molar-refractivity contribution < 1.29 is 13.2 Å². The summed E-state index contributed by atoms with van der Waals surface area (Å²) in [5, 5.41) is 0. The average Bonchev–Trinajstić information content (AvgIpc) is 2.97. The molecule has 0 saturated heterocycles. The van der Waals surface area contributed by atoms with Gasteiger partial charge in [-0.15, -0.1) is 6.58 Å². The van der Waals surface area contributed by atoms with Crippen LogP contribution in [0.2, 0.25) is 0 Å². The predicted octanol–water partition coefficient (Wildman–Crippen LogP) is 3.24. The maximum Gasteiger partial charge on any atom is 0.243 e. The Morgan fingerprint density at radius 3 is 2.70 bits per heavy atom. The summed E-state index contributed by atoms with van der Waals surface area (Å²) in [6.45, 7) is 5.87. The fraction of sp³-hybridized carbons (Fsp3) is 0.389. The van der Waals surface area contributed by atoms with Crippen LogP contribution in [-0.2, 0) is 14.8 Å². The topological polar surface area (TPSA) is 54.5 Å². The van der Waals surface area contributed by atoms with Gasteiger partial charge in [-0.25, -0.2) is 8.42 Å². The molecule has 0 unspecified atom stereocenters. The first-order valence-electron chi connectivity index (χ1n) is 7.83. The van der Waals surface area contributed by atoms with E-state index in [2.05, 4.69) is 6.58 Å². The molecule has 0 N–H and O–H groups in total. The number of Topliss-reactive ketones (excluding diaryl/α,β-unsaturated/α-hetero) is 1. The van der Waals surface area contributed by atoms with E-state index in [-0.39, 0.29) is 11.8 Å². The van der Waals surface area contributed by atoms with Gasteiger partial charge in [0.25, 0.3) is 0 Å². The smallest absolute Gasteiger partial charge is 0.243 e. The molecule has 124 valence electrons. The normalized spacial score (nSPS) is 18.2. The van der Waals surface area contributed by atoms with Crippen LogP contribution in [0, 0.1) is 6.92 Å². The Kier molecular flexibility index (Phi) is 5.91. The molecule has 0 amide bonds. The van der Waals surface area contributed by atoms with Crippen LogP contribution in [0.4, 0.5) is 0 Å². The van der Waals surface area contributed by atoms with E-state index in [1.54, 1.807) is 30.3 Å². The van der Waals surface area contributed by atoms with Gasteiger partial charge in [0.2, 0.25) is 10.0 Å². The Hall–Kier alpha value is -1.72. The molecule has 0 aromatic heterocycles. The van der Waals surface area contributed by atoms with Crippen LogP contribution in [0.25, 0.3) is 0 Å². The second-order valence-corrected chi connectivity index (χ2v) is 7.70. The number of aryl methyl sites for hydroxylation is 1. The van der Waals surface area contributed by atoms with Crippen LogP contribution in [0.15, 0.2) is 54.0 Å². The summed E-state index contributed by atoms with van der Waals surface area (Å²) < 4.78 is 27.0.